The number of amides is 5. The molecule has 2 aromatic rings. The highest BCUT2D eigenvalue weighted by Gasteiger charge is 2.27. The van der Waals surface area contributed by atoms with Crippen molar-refractivity contribution in [3.63, 3.8) is 0 Å². The van der Waals surface area contributed by atoms with Crippen LogP contribution in [0.1, 0.15) is 71.4 Å². The molecule has 0 aromatic heterocycles. The number of nitrogens with one attached hydrogen (secondary N) is 5. The quantitative estimate of drug-likeness (QED) is 0.117. The Hall–Kier alpha value is -5.20. The van der Waals surface area contributed by atoms with Crippen LogP contribution in [0, 0.1) is 18.3 Å². The Balaban J connectivity index is 1.95. The zero-order valence-corrected chi connectivity index (χ0v) is 29.0. The van der Waals surface area contributed by atoms with Crippen molar-refractivity contribution >= 4 is 47.1 Å². The number of urea groups is 1. The molecule has 0 aliphatic carbocycles. The number of carboxylic acid groups (broad SMARTS) is 2. The van der Waals surface area contributed by atoms with Crippen molar-refractivity contribution in [3.8, 4) is 0 Å². The number of hydrogen-bond donors (Lipinski definition) is 7. The monoisotopic (exact) mass is 679 g/mol. The van der Waals surface area contributed by atoms with Gasteiger partial charge in [0.05, 0.1) is 6.42 Å². The molecule has 0 heterocycles. The van der Waals surface area contributed by atoms with Gasteiger partial charge in [0.1, 0.15) is 18.1 Å². The summed E-state index contributed by atoms with van der Waals surface area (Å²) in [5.41, 5.74) is 2.54. The third-order valence-electron chi connectivity index (χ3n) is 7.09. The molecule has 13 heteroatoms. The normalized spacial score (nSPS) is 13.2. The van der Waals surface area contributed by atoms with E-state index in [1.54, 1.807) is 36.4 Å². The second kappa shape index (κ2) is 19.0. The van der Waals surface area contributed by atoms with Gasteiger partial charge < -0.3 is 36.8 Å². The smallest absolute Gasteiger partial charge is 0.326 e. The van der Waals surface area contributed by atoms with Crippen LogP contribution in [0.15, 0.2) is 60.7 Å². The van der Waals surface area contributed by atoms with Crippen LogP contribution in [0.2, 0.25) is 0 Å². The molecule has 0 fully saturated rings. The zero-order valence-electron chi connectivity index (χ0n) is 29.0. The molecule has 2 aromatic carbocycles. The predicted octanol–water partition coefficient (Wildman–Crippen LogP) is 4.62. The summed E-state index contributed by atoms with van der Waals surface area (Å²) in [5, 5.41) is 32.3. The Bertz CT molecular complexity index is 1480. The molecule has 0 saturated heterocycles. The molecule has 5 amide bonds. The molecular weight excluding hydrogens is 630 g/mol. The van der Waals surface area contributed by atoms with Crippen molar-refractivity contribution in [2.45, 2.75) is 91.8 Å². The number of carbonyl (C=O) groups excluding carboxylic acids is 4. The lowest BCUT2D eigenvalue weighted by atomic mass is 9.92. The molecule has 0 aliphatic rings. The number of aliphatic carboxylic acids is 2. The van der Waals surface area contributed by atoms with E-state index in [9.17, 15) is 39.0 Å². The van der Waals surface area contributed by atoms with Crippen LogP contribution in [0.5, 0.6) is 0 Å². The van der Waals surface area contributed by atoms with Gasteiger partial charge in [-0.1, -0.05) is 76.6 Å². The first-order valence-electron chi connectivity index (χ1n) is 16.1. The fourth-order valence-corrected chi connectivity index (χ4v) is 4.68. The molecular formula is C36H49N5O8. The first kappa shape index (κ1) is 40.0. The van der Waals surface area contributed by atoms with E-state index in [1.165, 1.54) is 12.2 Å². The van der Waals surface area contributed by atoms with E-state index in [0.717, 1.165) is 5.56 Å². The number of rotatable bonds is 17. The molecule has 7 N–H and O–H groups in total. The lowest BCUT2D eigenvalue weighted by molar-refractivity contribution is -0.142. The summed E-state index contributed by atoms with van der Waals surface area (Å²) in [7, 11) is 0. The van der Waals surface area contributed by atoms with Crippen LogP contribution in [-0.4, -0.2) is 64.0 Å². The van der Waals surface area contributed by atoms with E-state index in [-0.39, 0.29) is 43.4 Å². The highest BCUT2D eigenvalue weighted by Crippen LogP contribution is 2.18. The van der Waals surface area contributed by atoms with Gasteiger partial charge in [-0.05, 0) is 67.3 Å². The summed E-state index contributed by atoms with van der Waals surface area (Å²) in [6.07, 6.45) is 3.01. The Labute approximate surface area is 287 Å². The Morgan fingerprint density at radius 1 is 0.694 bits per heavy atom. The van der Waals surface area contributed by atoms with E-state index in [1.807, 2.05) is 53.7 Å². The highest BCUT2D eigenvalue weighted by molar-refractivity contribution is 5.99. The van der Waals surface area contributed by atoms with Crippen LogP contribution in [0.25, 0.3) is 0 Å². The molecule has 0 saturated carbocycles. The van der Waals surface area contributed by atoms with Crippen molar-refractivity contribution < 1.29 is 39.0 Å². The molecule has 3 atom stereocenters. The van der Waals surface area contributed by atoms with Gasteiger partial charge in [-0.25, -0.2) is 14.4 Å². The second-order valence-corrected chi connectivity index (χ2v) is 13.6. The van der Waals surface area contributed by atoms with Gasteiger partial charge in [0.15, 0.2) is 0 Å². The standard InChI is InChI=1S/C36H49N5O8/c1-22(2)19-29(32(44)41-28(34(47)48)10-8-7-9-27(33(45)46)39-31(43)21-36(4,5)6)40-30(42)20-24-13-17-26(18-14-24)38-35(49)37-25-15-11-23(3)12-16-25/h7-8,11-18,22,27-29H,9-10,19-21H2,1-6H3,(H,39,43)(H,40,42)(H,41,44)(H,45,46)(H,47,48)(H2,37,38,49)/b8-7+. The van der Waals surface area contributed by atoms with Gasteiger partial charge >= 0.3 is 18.0 Å². The van der Waals surface area contributed by atoms with E-state index >= 15 is 0 Å². The molecule has 0 bridgehead atoms. The van der Waals surface area contributed by atoms with Gasteiger partial charge in [-0.15, -0.1) is 0 Å². The first-order chi connectivity index (χ1) is 22.9. The third kappa shape index (κ3) is 16.0. The van der Waals surface area contributed by atoms with Gasteiger partial charge in [-0.3, -0.25) is 14.4 Å². The summed E-state index contributed by atoms with van der Waals surface area (Å²) in [6.45, 7) is 11.2. The lowest BCUT2D eigenvalue weighted by Crippen LogP contribution is -2.52. The summed E-state index contributed by atoms with van der Waals surface area (Å²) >= 11 is 0. The number of anilines is 2. The molecule has 13 nitrogen and oxygen atoms in total. The predicted molar refractivity (Wildman–Crippen MR) is 187 cm³/mol. The van der Waals surface area contributed by atoms with E-state index in [0.29, 0.717) is 16.9 Å². The molecule has 266 valence electrons. The largest absolute Gasteiger partial charge is 0.480 e. The average molecular weight is 680 g/mol. The van der Waals surface area contributed by atoms with Crippen molar-refractivity contribution in [2.24, 2.45) is 11.3 Å². The van der Waals surface area contributed by atoms with Gasteiger partial charge in [-0.2, -0.15) is 0 Å². The summed E-state index contributed by atoms with van der Waals surface area (Å²) in [6, 6.07) is 10.1. The molecule has 0 radical (unpaired) electrons. The van der Waals surface area contributed by atoms with Gasteiger partial charge in [0, 0.05) is 17.8 Å². The van der Waals surface area contributed by atoms with Crippen LogP contribution >= 0.6 is 0 Å². The Kier molecular flexibility index (Phi) is 15.5. The van der Waals surface area contributed by atoms with Crippen molar-refractivity contribution in [3.05, 3.63) is 71.8 Å². The van der Waals surface area contributed by atoms with Gasteiger partial charge in [0.25, 0.3) is 0 Å². The highest BCUT2D eigenvalue weighted by atomic mass is 16.4. The Morgan fingerprint density at radius 2 is 1.16 bits per heavy atom. The molecule has 3 unspecified atom stereocenters. The molecule has 49 heavy (non-hydrogen) atoms. The van der Waals surface area contributed by atoms with Crippen LogP contribution in [-0.2, 0) is 30.4 Å². The number of benzene rings is 2. The van der Waals surface area contributed by atoms with E-state index in [2.05, 4.69) is 26.6 Å². The lowest BCUT2D eigenvalue weighted by Gasteiger charge is -2.22. The second-order valence-electron chi connectivity index (χ2n) is 13.6. The summed E-state index contributed by atoms with van der Waals surface area (Å²) < 4.78 is 0. The molecule has 0 spiro atoms. The maximum Gasteiger partial charge on any atom is 0.326 e. The molecule has 0 aliphatic heterocycles. The molecule has 2 rings (SSSR count). The van der Waals surface area contributed by atoms with Gasteiger partial charge in [0.2, 0.25) is 17.7 Å². The van der Waals surface area contributed by atoms with Crippen LogP contribution < -0.4 is 26.6 Å². The van der Waals surface area contributed by atoms with Crippen LogP contribution in [0.4, 0.5) is 16.2 Å². The topological polar surface area (TPSA) is 203 Å². The fraction of sp³-hybridized carbons (Fsp3) is 0.444. The summed E-state index contributed by atoms with van der Waals surface area (Å²) in [4.78, 5) is 74.1. The minimum absolute atomic E-state index is 0.00270. The number of aryl methyl sites for hydroxylation is 1. The van der Waals surface area contributed by atoms with Crippen molar-refractivity contribution in [1.29, 1.82) is 0 Å². The Morgan fingerprint density at radius 3 is 1.63 bits per heavy atom. The maximum absolute atomic E-state index is 13.2. The first-order valence-corrected chi connectivity index (χ1v) is 16.1. The number of hydrogen-bond acceptors (Lipinski definition) is 6. The van der Waals surface area contributed by atoms with Crippen LogP contribution in [0.3, 0.4) is 0 Å². The minimum atomic E-state index is -1.34. The van der Waals surface area contributed by atoms with Crippen molar-refractivity contribution in [2.75, 3.05) is 10.6 Å². The minimum Gasteiger partial charge on any atom is -0.480 e. The zero-order chi connectivity index (χ0) is 36.7. The summed E-state index contributed by atoms with van der Waals surface area (Å²) in [5.74, 6) is -4.05. The maximum atomic E-state index is 13.2. The van der Waals surface area contributed by atoms with Crippen molar-refractivity contribution in [1.82, 2.24) is 16.0 Å². The fourth-order valence-electron chi connectivity index (χ4n) is 4.68. The van der Waals surface area contributed by atoms with E-state index < -0.39 is 53.8 Å². The number of carboxylic acids is 2. The average Bonchev–Trinajstić information content (AvgIpc) is 2.98. The third-order valence-corrected chi connectivity index (χ3v) is 7.09. The SMILES string of the molecule is Cc1ccc(NC(=O)Nc2ccc(CC(=O)NC(CC(C)C)C(=O)NC(C/C=C/CC(NC(=O)CC(C)(C)C)C(=O)O)C(=O)O)cc2)cc1. The van der Waals surface area contributed by atoms with E-state index in [4.69, 9.17) is 0 Å². The number of carbonyl (C=O) groups is 6.